The number of unbranched alkanes of at least 4 members (excludes halogenated alkanes) is 21. The van der Waals surface area contributed by atoms with Gasteiger partial charge in [-0.3, -0.25) is 23.4 Å². The summed E-state index contributed by atoms with van der Waals surface area (Å²) in [5.74, 6) is -1.58. The van der Waals surface area contributed by atoms with Gasteiger partial charge in [0.15, 0.2) is 6.10 Å². The molecule has 0 radical (unpaired) electrons. The molecule has 0 heterocycles. The van der Waals surface area contributed by atoms with Crippen LogP contribution in [-0.2, 0) is 42.2 Å². The number of carbonyl (C=O) groups is 3. The zero-order chi connectivity index (χ0) is 56.9. The van der Waals surface area contributed by atoms with Crippen LogP contribution in [0.1, 0.15) is 252 Å². The second kappa shape index (κ2) is 59.3. The van der Waals surface area contributed by atoms with Gasteiger partial charge in [0, 0.05) is 19.3 Å². The van der Waals surface area contributed by atoms with E-state index in [0.29, 0.717) is 25.7 Å². The first-order valence-electron chi connectivity index (χ1n) is 30.8. The summed E-state index contributed by atoms with van der Waals surface area (Å²) in [5.41, 5.74) is 0. The van der Waals surface area contributed by atoms with Gasteiger partial charge in [-0.15, -0.1) is 0 Å². The van der Waals surface area contributed by atoms with E-state index in [1.807, 2.05) is 12.2 Å². The zero-order valence-electron chi connectivity index (χ0n) is 49.3. The maximum absolute atomic E-state index is 12.9. The molecule has 0 rings (SSSR count). The number of esters is 3. The number of hydrogen-bond donors (Lipinski definition) is 2. The van der Waals surface area contributed by atoms with Gasteiger partial charge in [-0.05, 0) is 96.3 Å². The molecule has 0 saturated carbocycles. The lowest BCUT2D eigenvalue weighted by atomic mass is 10.0. The van der Waals surface area contributed by atoms with Crippen molar-refractivity contribution in [2.24, 2.45) is 0 Å². The molecule has 0 aromatic rings. The lowest BCUT2D eigenvalue weighted by Crippen LogP contribution is -2.30. The van der Waals surface area contributed by atoms with E-state index in [2.05, 4.69) is 118 Å². The van der Waals surface area contributed by atoms with Crippen LogP contribution in [0.2, 0.25) is 0 Å². The first-order chi connectivity index (χ1) is 38.2. The summed E-state index contributed by atoms with van der Waals surface area (Å²) in [7, 11) is -4.78. The molecular weight excluding hydrogens is 1000 g/mol. The highest BCUT2D eigenvalue weighted by atomic mass is 31.2. The van der Waals surface area contributed by atoms with Gasteiger partial charge in [-0.1, -0.05) is 246 Å². The molecule has 0 aliphatic carbocycles. The fraction of sp³-hybridized carbons (Fsp3) is 0.682. The van der Waals surface area contributed by atoms with Crippen molar-refractivity contribution in [1.82, 2.24) is 0 Å². The van der Waals surface area contributed by atoms with E-state index < -0.39 is 57.8 Å². The van der Waals surface area contributed by atoms with Crippen LogP contribution in [0.4, 0.5) is 0 Å². The highest BCUT2D eigenvalue weighted by Crippen LogP contribution is 2.43. The number of carbonyl (C=O) groups excluding carboxylic acids is 3. The second-order valence-corrected chi connectivity index (χ2v) is 21.6. The lowest BCUT2D eigenvalue weighted by molar-refractivity contribution is -0.161. The Morgan fingerprint density at radius 3 is 1.08 bits per heavy atom. The highest BCUT2D eigenvalue weighted by molar-refractivity contribution is 7.47. The van der Waals surface area contributed by atoms with Crippen molar-refractivity contribution in [3.8, 4) is 0 Å². The number of phosphoric acid groups is 1. The Kier molecular flexibility index (Phi) is 56.3. The van der Waals surface area contributed by atoms with E-state index in [0.717, 1.165) is 89.9 Å². The quantitative estimate of drug-likeness (QED) is 0.0197. The molecule has 0 fully saturated rings. The molecule has 78 heavy (non-hydrogen) atoms. The van der Waals surface area contributed by atoms with E-state index in [1.54, 1.807) is 0 Å². The van der Waals surface area contributed by atoms with Crippen molar-refractivity contribution in [1.29, 1.82) is 0 Å². The first-order valence-corrected chi connectivity index (χ1v) is 32.3. The average molecular weight is 1110 g/mol. The standard InChI is InChI=1S/C66H111O11P/c1-4-7-10-13-16-19-22-25-28-30-31-33-36-39-42-45-48-51-54-57-66(70)77-63(59-73-64(68)55-52-49-46-43-40-37-34-27-24-21-18-15-12-9-6-3)61-75-78(71,72)74-60-62(58-67)76-65(69)56-53-50-47-44-41-38-35-32-29-26-23-20-17-14-11-8-5-2/h8-9,11-12,17-18,20-21,26-27,29,34-35,38,40,43-44,47,62-63,67H,4-7,10,13-16,19,22-25,28,30-33,36-37,39,41-42,45-46,48-61H2,1-3H3,(H,71,72)/b11-8-,12-9-,20-17-,21-18-,29-26-,34-27-,38-35-,43-40-,47-44-. The first kappa shape index (κ1) is 74.1. The highest BCUT2D eigenvalue weighted by Gasteiger charge is 2.28. The van der Waals surface area contributed by atoms with Crippen LogP contribution in [-0.4, -0.2) is 66.5 Å². The van der Waals surface area contributed by atoms with E-state index in [4.69, 9.17) is 23.3 Å². The van der Waals surface area contributed by atoms with Crippen LogP contribution in [0.5, 0.6) is 0 Å². The number of aliphatic hydroxyl groups excluding tert-OH is 1. The number of allylic oxidation sites excluding steroid dienone is 18. The number of rotatable bonds is 56. The topological polar surface area (TPSA) is 155 Å². The summed E-state index contributed by atoms with van der Waals surface area (Å²) >= 11 is 0. The number of aliphatic hydroxyl groups is 1. The van der Waals surface area contributed by atoms with Gasteiger partial charge in [-0.25, -0.2) is 4.57 Å². The molecule has 3 atom stereocenters. The summed E-state index contributed by atoms with van der Waals surface area (Å²) < 4.78 is 39.5. The molecule has 0 bridgehead atoms. The van der Waals surface area contributed by atoms with Crippen molar-refractivity contribution < 1.29 is 52.2 Å². The number of hydrogen-bond acceptors (Lipinski definition) is 10. The summed E-state index contributed by atoms with van der Waals surface area (Å²) in [6, 6.07) is 0. The van der Waals surface area contributed by atoms with Gasteiger partial charge in [0.05, 0.1) is 19.8 Å². The molecule has 0 aliphatic heterocycles. The Morgan fingerprint density at radius 1 is 0.372 bits per heavy atom. The Bertz CT molecular complexity index is 1720. The van der Waals surface area contributed by atoms with Crippen molar-refractivity contribution in [3.63, 3.8) is 0 Å². The van der Waals surface area contributed by atoms with Gasteiger partial charge in [0.2, 0.25) is 0 Å². The third-order valence-electron chi connectivity index (χ3n) is 12.7. The molecule has 446 valence electrons. The lowest BCUT2D eigenvalue weighted by Gasteiger charge is -2.21. The number of phosphoric ester groups is 1. The molecule has 0 aliphatic rings. The Morgan fingerprint density at radius 2 is 0.679 bits per heavy atom. The molecule has 0 amide bonds. The molecule has 3 unspecified atom stereocenters. The van der Waals surface area contributed by atoms with Gasteiger partial charge in [0.1, 0.15) is 12.7 Å². The van der Waals surface area contributed by atoms with Crippen LogP contribution in [0, 0.1) is 0 Å². The maximum atomic E-state index is 12.9. The van der Waals surface area contributed by atoms with E-state index in [1.165, 1.54) is 96.3 Å². The smallest absolute Gasteiger partial charge is 0.462 e. The minimum atomic E-state index is -4.78. The van der Waals surface area contributed by atoms with Crippen molar-refractivity contribution in [3.05, 3.63) is 109 Å². The zero-order valence-corrected chi connectivity index (χ0v) is 50.2. The SMILES string of the molecule is CC/C=C\C/C=C\C/C=C\C/C=C\C/C=C\CCCC(=O)OC(CO)COP(=O)(O)OCC(COC(=O)CCCC/C=C\C/C=C\C/C=C\C/C=C\CC)OC(=O)CCCCCCCCCCCCCCCCCCCCC. The van der Waals surface area contributed by atoms with Gasteiger partial charge in [-0.2, -0.15) is 0 Å². The fourth-order valence-electron chi connectivity index (χ4n) is 8.09. The van der Waals surface area contributed by atoms with Crippen LogP contribution in [0.25, 0.3) is 0 Å². The van der Waals surface area contributed by atoms with Gasteiger partial charge in [0.25, 0.3) is 0 Å². The third kappa shape index (κ3) is 56.8. The second-order valence-electron chi connectivity index (χ2n) is 20.1. The van der Waals surface area contributed by atoms with Crippen LogP contribution < -0.4 is 0 Å². The Balaban J connectivity index is 4.80. The monoisotopic (exact) mass is 1110 g/mol. The minimum Gasteiger partial charge on any atom is -0.462 e. The van der Waals surface area contributed by atoms with Crippen molar-refractivity contribution >= 4 is 25.7 Å². The van der Waals surface area contributed by atoms with Crippen molar-refractivity contribution in [2.45, 2.75) is 264 Å². The normalized spacial score (nSPS) is 14.1. The van der Waals surface area contributed by atoms with E-state index >= 15 is 0 Å². The molecule has 0 saturated heterocycles. The average Bonchev–Trinajstić information content (AvgIpc) is 3.43. The molecule has 2 N–H and O–H groups in total. The predicted molar refractivity (Wildman–Crippen MR) is 325 cm³/mol. The molecule has 11 nitrogen and oxygen atoms in total. The Labute approximate surface area is 475 Å². The maximum Gasteiger partial charge on any atom is 0.472 e. The summed E-state index contributed by atoms with van der Waals surface area (Å²) in [6.45, 7) is 4.33. The van der Waals surface area contributed by atoms with Crippen LogP contribution in [0.3, 0.4) is 0 Å². The molecule has 0 aromatic heterocycles. The molecular formula is C66H111O11P. The molecule has 0 spiro atoms. The van der Waals surface area contributed by atoms with E-state index in [-0.39, 0.29) is 25.9 Å². The van der Waals surface area contributed by atoms with Crippen LogP contribution >= 0.6 is 7.82 Å². The third-order valence-corrected chi connectivity index (χ3v) is 13.6. The van der Waals surface area contributed by atoms with Gasteiger partial charge >= 0.3 is 25.7 Å². The molecule has 12 heteroatoms. The minimum absolute atomic E-state index is 0.0920. The fourth-order valence-corrected chi connectivity index (χ4v) is 8.87. The van der Waals surface area contributed by atoms with Gasteiger partial charge < -0.3 is 24.2 Å². The van der Waals surface area contributed by atoms with Crippen LogP contribution in [0.15, 0.2) is 109 Å². The predicted octanol–water partition coefficient (Wildman–Crippen LogP) is 18.6. The van der Waals surface area contributed by atoms with E-state index in [9.17, 15) is 28.9 Å². The largest absolute Gasteiger partial charge is 0.472 e. The Hall–Kier alpha value is -3.86. The number of ether oxygens (including phenoxy) is 3. The summed E-state index contributed by atoms with van der Waals surface area (Å²) in [4.78, 5) is 48.6. The summed E-state index contributed by atoms with van der Waals surface area (Å²) in [6.07, 6.45) is 72.0. The molecule has 0 aromatic carbocycles. The summed E-state index contributed by atoms with van der Waals surface area (Å²) in [5, 5.41) is 9.83. The van der Waals surface area contributed by atoms with Crippen molar-refractivity contribution in [2.75, 3.05) is 26.4 Å².